The number of anilines is 2. The summed E-state index contributed by atoms with van der Waals surface area (Å²) >= 11 is 7.55. The van der Waals surface area contributed by atoms with Crippen molar-refractivity contribution in [2.75, 3.05) is 23.3 Å². The molecule has 0 unspecified atom stereocenters. The molecule has 0 bridgehead atoms. The van der Waals surface area contributed by atoms with E-state index < -0.39 is 5.91 Å². The number of thiazole rings is 1. The lowest BCUT2D eigenvalue weighted by Crippen LogP contribution is -2.23. The quantitative estimate of drug-likeness (QED) is 0.500. The van der Waals surface area contributed by atoms with Crippen molar-refractivity contribution in [2.45, 2.75) is 12.8 Å². The van der Waals surface area contributed by atoms with Crippen molar-refractivity contribution >= 4 is 50.8 Å². The summed E-state index contributed by atoms with van der Waals surface area (Å²) in [6, 6.07) is 8.03. The van der Waals surface area contributed by atoms with E-state index in [0.717, 1.165) is 48.1 Å². The minimum atomic E-state index is -0.391. The molecule has 0 atom stereocenters. The van der Waals surface area contributed by atoms with Gasteiger partial charge in [0.2, 0.25) is 5.95 Å². The van der Waals surface area contributed by atoms with Crippen molar-refractivity contribution in [3.63, 3.8) is 0 Å². The third-order valence-electron chi connectivity index (χ3n) is 4.93. The van der Waals surface area contributed by atoms with Crippen LogP contribution >= 0.6 is 22.9 Å². The molecule has 3 aromatic heterocycles. The van der Waals surface area contributed by atoms with Gasteiger partial charge in [0.1, 0.15) is 0 Å². The number of hydrogen-bond donors (Lipinski definition) is 2. The number of benzene rings is 1. The first-order chi connectivity index (χ1) is 14.2. The SMILES string of the molecule is O=C(Nc1nc(-c2c[nH]c3ccccc23)cs1)c1nc(N2CCCC2)ncc1Cl. The molecule has 0 aliphatic carbocycles. The minimum absolute atomic E-state index is 0.160. The van der Waals surface area contributed by atoms with Crippen LogP contribution in [0.4, 0.5) is 11.1 Å². The van der Waals surface area contributed by atoms with Gasteiger partial charge in [0.25, 0.3) is 5.91 Å². The second-order valence-electron chi connectivity index (χ2n) is 6.80. The number of aromatic amines is 1. The summed E-state index contributed by atoms with van der Waals surface area (Å²) in [5.74, 6) is 0.147. The highest BCUT2D eigenvalue weighted by molar-refractivity contribution is 7.14. The number of rotatable bonds is 4. The zero-order valence-electron chi connectivity index (χ0n) is 15.4. The summed E-state index contributed by atoms with van der Waals surface area (Å²) in [6.07, 6.45) is 5.61. The van der Waals surface area contributed by atoms with E-state index in [9.17, 15) is 4.79 Å². The summed E-state index contributed by atoms with van der Waals surface area (Å²) < 4.78 is 0. The van der Waals surface area contributed by atoms with Crippen molar-refractivity contribution in [1.82, 2.24) is 19.9 Å². The maximum absolute atomic E-state index is 12.8. The van der Waals surface area contributed by atoms with Gasteiger partial charge in [0.05, 0.1) is 16.9 Å². The summed E-state index contributed by atoms with van der Waals surface area (Å²) in [4.78, 5) is 31.3. The maximum Gasteiger partial charge on any atom is 0.277 e. The van der Waals surface area contributed by atoms with Crippen LogP contribution in [-0.2, 0) is 0 Å². The third-order valence-corrected chi connectivity index (χ3v) is 5.96. The average molecular weight is 425 g/mol. The molecule has 1 fully saturated rings. The van der Waals surface area contributed by atoms with Crippen LogP contribution in [0.25, 0.3) is 22.2 Å². The Morgan fingerprint density at radius 3 is 2.90 bits per heavy atom. The van der Waals surface area contributed by atoms with E-state index >= 15 is 0 Å². The van der Waals surface area contributed by atoms with Crippen LogP contribution in [0.15, 0.2) is 42.0 Å². The van der Waals surface area contributed by atoms with Crippen molar-refractivity contribution in [1.29, 1.82) is 0 Å². The lowest BCUT2D eigenvalue weighted by molar-refractivity contribution is 0.102. The first kappa shape index (κ1) is 18.1. The molecule has 2 N–H and O–H groups in total. The van der Waals surface area contributed by atoms with Gasteiger partial charge in [-0.05, 0) is 18.9 Å². The molecule has 4 aromatic rings. The molecule has 7 nitrogen and oxygen atoms in total. The zero-order chi connectivity index (χ0) is 19.8. The number of hydrogen-bond acceptors (Lipinski definition) is 6. The van der Waals surface area contributed by atoms with Gasteiger partial charge in [-0.1, -0.05) is 29.8 Å². The molecule has 146 valence electrons. The van der Waals surface area contributed by atoms with E-state index in [1.807, 2.05) is 35.8 Å². The predicted octanol–water partition coefficient (Wildman–Crippen LogP) is 4.59. The molecule has 1 aliphatic heterocycles. The van der Waals surface area contributed by atoms with Crippen LogP contribution in [0.1, 0.15) is 23.3 Å². The normalized spacial score (nSPS) is 13.9. The monoisotopic (exact) mass is 424 g/mol. The van der Waals surface area contributed by atoms with Gasteiger partial charge in [-0.25, -0.2) is 15.0 Å². The highest BCUT2D eigenvalue weighted by Crippen LogP contribution is 2.31. The van der Waals surface area contributed by atoms with E-state index in [-0.39, 0.29) is 10.7 Å². The van der Waals surface area contributed by atoms with Crippen molar-refractivity contribution < 1.29 is 4.79 Å². The van der Waals surface area contributed by atoms with Crippen LogP contribution < -0.4 is 10.2 Å². The van der Waals surface area contributed by atoms with Gasteiger partial charge in [-0.15, -0.1) is 11.3 Å². The summed E-state index contributed by atoms with van der Waals surface area (Å²) in [7, 11) is 0. The number of fused-ring (bicyclic) bond motifs is 1. The fourth-order valence-electron chi connectivity index (χ4n) is 3.48. The number of H-pyrrole nitrogens is 1. The van der Waals surface area contributed by atoms with Gasteiger partial charge in [0.15, 0.2) is 10.8 Å². The van der Waals surface area contributed by atoms with Crippen molar-refractivity contribution in [2.24, 2.45) is 0 Å². The Morgan fingerprint density at radius 2 is 2.03 bits per heavy atom. The Kier molecular flexibility index (Phi) is 4.65. The number of halogens is 1. The molecule has 4 heterocycles. The molecular weight excluding hydrogens is 408 g/mol. The smallest absolute Gasteiger partial charge is 0.277 e. The molecule has 1 aromatic carbocycles. The van der Waals surface area contributed by atoms with Crippen molar-refractivity contribution in [3.05, 3.63) is 52.8 Å². The molecule has 0 radical (unpaired) electrons. The van der Waals surface area contributed by atoms with E-state index in [1.165, 1.54) is 17.5 Å². The molecule has 1 aliphatic rings. The highest BCUT2D eigenvalue weighted by atomic mass is 35.5. The standard InChI is InChI=1S/C20H17ClN6OS/c21-14-10-23-19(27-7-3-4-8-27)25-17(14)18(28)26-20-24-16(11-29-20)13-9-22-15-6-2-1-5-12(13)15/h1-2,5-6,9-11,22H,3-4,7-8H2,(H,24,26,28). The van der Waals surface area contributed by atoms with Crippen LogP contribution in [0.2, 0.25) is 5.02 Å². The van der Waals surface area contributed by atoms with Crippen LogP contribution in [0.3, 0.4) is 0 Å². The van der Waals surface area contributed by atoms with E-state index in [4.69, 9.17) is 11.6 Å². The number of amides is 1. The molecule has 9 heteroatoms. The summed E-state index contributed by atoms with van der Waals surface area (Å²) in [5.41, 5.74) is 3.00. The Hall–Kier alpha value is -2.97. The van der Waals surface area contributed by atoms with Crippen molar-refractivity contribution in [3.8, 4) is 11.3 Å². The number of nitrogens with zero attached hydrogens (tertiary/aromatic N) is 4. The average Bonchev–Trinajstić information content (AvgIpc) is 3.48. The van der Waals surface area contributed by atoms with Gasteiger partial charge in [0, 0.05) is 41.1 Å². The molecule has 1 saturated heterocycles. The number of carbonyl (C=O) groups excluding carboxylic acids is 1. The highest BCUT2D eigenvalue weighted by Gasteiger charge is 2.20. The molecule has 29 heavy (non-hydrogen) atoms. The van der Waals surface area contributed by atoms with E-state index in [1.54, 1.807) is 0 Å². The lowest BCUT2D eigenvalue weighted by atomic mass is 10.1. The molecular formula is C20H17ClN6OS. The summed E-state index contributed by atoms with van der Waals surface area (Å²) in [6.45, 7) is 1.78. The van der Waals surface area contributed by atoms with E-state index in [2.05, 4.69) is 30.2 Å². The van der Waals surface area contributed by atoms with Crippen LogP contribution in [0, 0.1) is 0 Å². The fraction of sp³-hybridized carbons (Fsp3) is 0.200. The molecule has 0 spiro atoms. The Bertz CT molecular complexity index is 1200. The Morgan fingerprint density at radius 1 is 1.21 bits per heavy atom. The Labute approximate surface area is 175 Å². The number of aromatic nitrogens is 4. The second-order valence-corrected chi connectivity index (χ2v) is 8.07. The topological polar surface area (TPSA) is 86.8 Å². The van der Waals surface area contributed by atoms with Gasteiger partial charge >= 0.3 is 0 Å². The molecule has 1 amide bonds. The first-order valence-corrected chi connectivity index (χ1v) is 10.6. The van der Waals surface area contributed by atoms with Gasteiger partial charge in [-0.3, -0.25) is 10.1 Å². The molecule has 0 saturated carbocycles. The van der Waals surface area contributed by atoms with E-state index in [0.29, 0.717) is 11.1 Å². The number of carbonyl (C=O) groups is 1. The zero-order valence-corrected chi connectivity index (χ0v) is 16.9. The largest absolute Gasteiger partial charge is 0.360 e. The van der Waals surface area contributed by atoms with Gasteiger partial charge in [-0.2, -0.15) is 0 Å². The maximum atomic E-state index is 12.8. The lowest BCUT2D eigenvalue weighted by Gasteiger charge is -2.15. The second kappa shape index (κ2) is 7.46. The number of nitrogens with one attached hydrogen (secondary N) is 2. The first-order valence-electron chi connectivity index (χ1n) is 9.30. The summed E-state index contributed by atoms with van der Waals surface area (Å²) in [5, 5.41) is 6.53. The predicted molar refractivity (Wildman–Crippen MR) is 116 cm³/mol. The molecule has 5 rings (SSSR count). The van der Waals surface area contributed by atoms with Crippen LogP contribution in [0.5, 0.6) is 0 Å². The third kappa shape index (κ3) is 3.45. The minimum Gasteiger partial charge on any atom is -0.360 e. The fourth-order valence-corrected chi connectivity index (χ4v) is 4.36. The van der Waals surface area contributed by atoms with Crippen LogP contribution in [-0.4, -0.2) is 38.9 Å². The number of para-hydroxylation sites is 1. The Balaban J connectivity index is 1.38. The van der Waals surface area contributed by atoms with Gasteiger partial charge < -0.3 is 9.88 Å².